The highest BCUT2D eigenvalue weighted by Gasteiger charge is 2.02. The predicted octanol–water partition coefficient (Wildman–Crippen LogP) is -0.907. The summed E-state index contributed by atoms with van der Waals surface area (Å²) >= 11 is 0. The van der Waals surface area contributed by atoms with E-state index >= 15 is 0 Å². The molecule has 2 atom stereocenters. The van der Waals surface area contributed by atoms with Crippen LogP contribution in [-0.4, -0.2) is 31.7 Å². The normalized spacial score (nSPS) is 16.8. The molecule has 0 saturated heterocycles. The van der Waals surface area contributed by atoms with Crippen molar-refractivity contribution in [2.75, 3.05) is 20.2 Å². The Morgan fingerprint density at radius 3 is 2.70 bits per heavy atom. The summed E-state index contributed by atoms with van der Waals surface area (Å²) in [4.78, 5) is 0. The first-order valence-corrected chi connectivity index (χ1v) is 3.37. The average molecular weight is 148 g/mol. The molecule has 10 heavy (non-hydrogen) atoms. The summed E-state index contributed by atoms with van der Waals surface area (Å²) in [6, 6.07) is 0. The summed E-state index contributed by atoms with van der Waals surface area (Å²) in [5.74, 6) is 0.294. The van der Waals surface area contributed by atoms with Gasteiger partial charge in [-0.1, -0.05) is 6.92 Å². The first-order valence-electron chi connectivity index (χ1n) is 3.37. The summed E-state index contributed by atoms with van der Waals surface area (Å²) in [5.41, 5.74) is 5.32. The second-order valence-electron chi connectivity index (χ2n) is 2.32. The lowest BCUT2D eigenvalue weighted by molar-refractivity contribution is -0.123. The number of nitrogens with two attached hydrogens (primary N) is 1. The molecule has 0 bridgehead atoms. The van der Waals surface area contributed by atoms with Gasteiger partial charge in [-0.25, -0.2) is 0 Å². The Kier molecular flexibility index (Phi) is 5.52. The van der Waals surface area contributed by atoms with E-state index < -0.39 is 6.41 Å². The second-order valence-corrected chi connectivity index (χ2v) is 2.32. The lowest BCUT2D eigenvalue weighted by Gasteiger charge is -2.13. The first kappa shape index (κ1) is 9.84. The summed E-state index contributed by atoms with van der Waals surface area (Å²) < 4.78 is 4.91. The van der Waals surface area contributed by atoms with Gasteiger partial charge in [-0.15, -0.1) is 0 Å². The third-order valence-corrected chi connectivity index (χ3v) is 1.19. The number of hydrogen-bond acceptors (Lipinski definition) is 4. The van der Waals surface area contributed by atoms with Crippen molar-refractivity contribution in [1.82, 2.24) is 5.32 Å². The molecular weight excluding hydrogens is 132 g/mol. The van der Waals surface area contributed by atoms with Gasteiger partial charge in [-0.05, 0) is 19.5 Å². The lowest BCUT2D eigenvalue weighted by atomic mass is 10.2. The van der Waals surface area contributed by atoms with Crippen molar-refractivity contribution in [1.29, 1.82) is 0 Å². The average Bonchev–Trinajstić information content (AvgIpc) is 1.99. The zero-order chi connectivity index (χ0) is 7.98. The Morgan fingerprint density at radius 2 is 2.30 bits per heavy atom. The largest absolute Gasteiger partial charge is 0.356 e. The molecule has 4 nitrogen and oxygen atoms in total. The van der Waals surface area contributed by atoms with Crippen LogP contribution in [0.4, 0.5) is 0 Å². The smallest absolute Gasteiger partial charge is 0.213 e. The van der Waals surface area contributed by atoms with Crippen molar-refractivity contribution in [2.24, 2.45) is 11.7 Å². The predicted molar refractivity (Wildman–Crippen MR) is 39.2 cm³/mol. The van der Waals surface area contributed by atoms with Gasteiger partial charge in [0.2, 0.25) is 6.41 Å². The van der Waals surface area contributed by atoms with Gasteiger partial charge in [0.05, 0.1) is 6.61 Å². The van der Waals surface area contributed by atoms with Crippen molar-refractivity contribution in [2.45, 2.75) is 13.3 Å². The molecule has 0 rings (SSSR count). The minimum Gasteiger partial charge on any atom is -0.356 e. The summed E-state index contributed by atoms with van der Waals surface area (Å²) in [6.07, 6.45) is -0.867. The van der Waals surface area contributed by atoms with E-state index in [9.17, 15) is 0 Å². The third kappa shape index (κ3) is 4.69. The van der Waals surface area contributed by atoms with Crippen molar-refractivity contribution in [3.05, 3.63) is 0 Å². The molecule has 0 spiro atoms. The molecule has 0 aliphatic carbocycles. The molecular formula is C6H16N2O2. The fraction of sp³-hybridized carbons (Fsp3) is 1.00. The quantitative estimate of drug-likeness (QED) is 0.442. The Balaban J connectivity index is 3.17. The van der Waals surface area contributed by atoms with Crippen LogP contribution in [0.1, 0.15) is 6.92 Å². The Labute approximate surface area is 61.4 Å². The standard InChI is InChI=1S/C6H16N2O2/c1-5(3-7)4-10-6(9)8-2/h5-6,8-9H,3-4,7H2,1-2H3. The fourth-order valence-corrected chi connectivity index (χ4v) is 0.407. The lowest BCUT2D eigenvalue weighted by Crippen LogP contribution is -2.30. The van der Waals surface area contributed by atoms with Crippen LogP contribution in [0.5, 0.6) is 0 Å². The van der Waals surface area contributed by atoms with E-state index in [2.05, 4.69) is 5.32 Å². The molecule has 0 radical (unpaired) electrons. The number of hydrogen-bond donors (Lipinski definition) is 3. The van der Waals surface area contributed by atoms with Gasteiger partial charge in [-0.3, -0.25) is 5.32 Å². The van der Waals surface area contributed by atoms with Crippen molar-refractivity contribution in [3.63, 3.8) is 0 Å². The van der Waals surface area contributed by atoms with Gasteiger partial charge in [-0.2, -0.15) is 0 Å². The van der Waals surface area contributed by atoms with Gasteiger partial charge >= 0.3 is 0 Å². The molecule has 4 heteroatoms. The Morgan fingerprint density at radius 1 is 1.70 bits per heavy atom. The van der Waals surface area contributed by atoms with Crippen LogP contribution in [0.25, 0.3) is 0 Å². The van der Waals surface area contributed by atoms with Crippen LogP contribution in [0.2, 0.25) is 0 Å². The zero-order valence-electron chi connectivity index (χ0n) is 6.50. The third-order valence-electron chi connectivity index (χ3n) is 1.19. The molecule has 0 saturated carbocycles. The van der Waals surface area contributed by atoms with Gasteiger partial charge in [0.25, 0.3) is 0 Å². The number of aliphatic hydroxyl groups is 1. The molecule has 0 fully saturated rings. The minimum atomic E-state index is -0.867. The van der Waals surface area contributed by atoms with E-state index in [1.807, 2.05) is 6.92 Å². The van der Waals surface area contributed by atoms with Crippen molar-refractivity contribution >= 4 is 0 Å². The maximum Gasteiger partial charge on any atom is 0.213 e. The number of rotatable bonds is 5. The van der Waals surface area contributed by atoms with Crippen LogP contribution in [0.3, 0.4) is 0 Å². The molecule has 0 aromatic rings. The summed E-state index contributed by atoms with van der Waals surface area (Å²) in [6.45, 7) is 3.03. The van der Waals surface area contributed by atoms with Gasteiger partial charge < -0.3 is 15.6 Å². The highest BCUT2D eigenvalue weighted by atomic mass is 16.6. The van der Waals surface area contributed by atoms with E-state index in [1.54, 1.807) is 7.05 Å². The minimum absolute atomic E-state index is 0.294. The molecule has 0 aromatic heterocycles. The zero-order valence-corrected chi connectivity index (χ0v) is 6.50. The SMILES string of the molecule is CNC(O)OCC(C)CN. The monoisotopic (exact) mass is 148 g/mol. The van der Waals surface area contributed by atoms with Crippen LogP contribution in [0.15, 0.2) is 0 Å². The fourth-order valence-electron chi connectivity index (χ4n) is 0.407. The maximum absolute atomic E-state index is 8.83. The van der Waals surface area contributed by atoms with E-state index in [0.717, 1.165) is 0 Å². The molecule has 0 amide bonds. The highest BCUT2D eigenvalue weighted by Crippen LogP contribution is 1.92. The van der Waals surface area contributed by atoms with Crippen LogP contribution < -0.4 is 11.1 Å². The van der Waals surface area contributed by atoms with Gasteiger partial charge in [0.15, 0.2) is 0 Å². The van der Waals surface area contributed by atoms with Crippen molar-refractivity contribution in [3.8, 4) is 0 Å². The molecule has 4 N–H and O–H groups in total. The van der Waals surface area contributed by atoms with E-state index in [1.165, 1.54) is 0 Å². The molecule has 0 heterocycles. The van der Waals surface area contributed by atoms with E-state index in [0.29, 0.717) is 19.1 Å². The molecule has 62 valence electrons. The topological polar surface area (TPSA) is 67.5 Å². The van der Waals surface area contributed by atoms with Gasteiger partial charge in [0, 0.05) is 0 Å². The number of nitrogens with one attached hydrogen (secondary N) is 1. The first-order chi connectivity index (χ1) is 4.70. The maximum atomic E-state index is 8.83. The number of aliphatic hydroxyl groups excluding tert-OH is 1. The van der Waals surface area contributed by atoms with Crippen LogP contribution in [-0.2, 0) is 4.74 Å². The number of ether oxygens (including phenoxy) is 1. The summed E-state index contributed by atoms with van der Waals surface area (Å²) in [7, 11) is 1.62. The van der Waals surface area contributed by atoms with E-state index in [-0.39, 0.29) is 0 Å². The van der Waals surface area contributed by atoms with Gasteiger partial charge in [0.1, 0.15) is 0 Å². The Bertz CT molecular complexity index is 70.1. The Hall–Kier alpha value is -0.160. The van der Waals surface area contributed by atoms with Crippen molar-refractivity contribution < 1.29 is 9.84 Å². The molecule has 0 aromatic carbocycles. The summed E-state index contributed by atoms with van der Waals surface area (Å²) in [5, 5.41) is 11.4. The molecule has 2 unspecified atom stereocenters. The highest BCUT2D eigenvalue weighted by molar-refractivity contribution is 4.49. The second kappa shape index (κ2) is 5.61. The van der Waals surface area contributed by atoms with Crippen LogP contribution >= 0.6 is 0 Å². The molecule has 0 aliphatic heterocycles. The molecule has 0 aliphatic rings. The van der Waals surface area contributed by atoms with E-state index in [4.69, 9.17) is 15.6 Å². The van der Waals surface area contributed by atoms with Crippen LogP contribution in [0, 0.1) is 5.92 Å².